The van der Waals surface area contributed by atoms with Gasteiger partial charge in [0, 0.05) is 5.41 Å². The Hall–Kier alpha value is -0.393. The monoisotopic (exact) mass is 586 g/mol. The van der Waals surface area contributed by atoms with Crippen LogP contribution in [0.4, 0.5) is 0 Å². The van der Waals surface area contributed by atoms with Gasteiger partial charge in [-0.2, -0.15) is 0 Å². The van der Waals surface area contributed by atoms with Crippen molar-refractivity contribution in [3.8, 4) is 0 Å². The molecule has 6 fully saturated rings. The standard InChI is InChI=1S/C36H62O4Si/c1-11-38-31(37)25-21-23(5)28-29(39-25)30(40-41(12-2,13-3)14-4)34(10)27-16-15-26-32(7,8)24(6)17-18-35(26)22-36(27,35)20-19-33(28,34)9/h23-30H,11-22H2,1-10H3/t23-,24+,25-,26+,27+,28?,29+,30+,33-,34-,35?,36+/m1/s1. The molecule has 0 aromatic heterocycles. The van der Waals surface area contributed by atoms with Crippen LogP contribution in [-0.2, 0) is 18.7 Å². The van der Waals surface area contributed by atoms with Gasteiger partial charge in [-0.1, -0.05) is 62.3 Å². The second-order valence-corrected chi connectivity index (χ2v) is 21.7. The van der Waals surface area contributed by atoms with Crippen LogP contribution in [0.15, 0.2) is 0 Å². The summed E-state index contributed by atoms with van der Waals surface area (Å²) in [4.78, 5) is 13.1. The maximum absolute atomic E-state index is 13.1. The molecule has 5 aliphatic carbocycles. The first-order valence-corrected chi connectivity index (χ1v) is 20.3. The Morgan fingerprint density at radius 1 is 0.878 bits per heavy atom. The Kier molecular flexibility index (Phi) is 7.32. The molecular weight excluding hydrogens is 524 g/mol. The molecule has 1 aliphatic heterocycles. The van der Waals surface area contributed by atoms with Crippen LogP contribution in [0.2, 0.25) is 18.1 Å². The molecule has 0 bridgehead atoms. The Labute approximate surface area is 252 Å². The molecular formula is C36H62O4Si. The average molecular weight is 587 g/mol. The summed E-state index contributed by atoms with van der Waals surface area (Å²) >= 11 is 0. The van der Waals surface area contributed by atoms with Gasteiger partial charge in [0.1, 0.15) is 0 Å². The first-order valence-electron chi connectivity index (χ1n) is 17.8. The molecule has 0 amide bonds. The fourth-order valence-corrected chi connectivity index (χ4v) is 16.2. The first-order chi connectivity index (χ1) is 19.3. The third kappa shape index (κ3) is 3.73. The minimum Gasteiger partial charge on any atom is -0.464 e. The fourth-order valence-electron chi connectivity index (χ4n) is 13.3. The van der Waals surface area contributed by atoms with E-state index in [4.69, 9.17) is 13.9 Å². The number of hydrogen-bond acceptors (Lipinski definition) is 4. The second kappa shape index (κ2) is 9.80. The summed E-state index contributed by atoms with van der Waals surface area (Å²) in [6.45, 7) is 24.9. The van der Waals surface area contributed by atoms with Gasteiger partial charge in [-0.25, -0.2) is 4.79 Å². The highest BCUT2D eigenvalue weighted by molar-refractivity contribution is 6.73. The van der Waals surface area contributed by atoms with E-state index in [1.807, 2.05) is 6.92 Å². The molecule has 5 heteroatoms. The molecule has 2 unspecified atom stereocenters. The molecule has 234 valence electrons. The second-order valence-electron chi connectivity index (χ2n) is 17.0. The van der Waals surface area contributed by atoms with E-state index < -0.39 is 14.4 Å². The number of fused-ring (bicyclic) bond motifs is 4. The quantitative estimate of drug-likeness (QED) is 0.221. The average Bonchev–Trinajstić information content (AvgIpc) is 3.57. The zero-order valence-electron chi connectivity index (χ0n) is 28.2. The smallest absolute Gasteiger partial charge is 0.335 e. The van der Waals surface area contributed by atoms with Crippen LogP contribution in [0.25, 0.3) is 0 Å². The fraction of sp³-hybridized carbons (Fsp3) is 0.972. The topological polar surface area (TPSA) is 44.8 Å². The van der Waals surface area contributed by atoms with Crippen molar-refractivity contribution in [2.24, 2.45) is 56.7 Å². The van der Waals surface area contributed by atoms with E-state index in [-0.39, 0.29) is 29.0 Å². The lowest BCUT2D eigenvalue weighted by Crippen LogP contribution is -2.60. The van der Waals surface area contributed by atoms with E-state index in [1.54, 1.807) is 0 Å². The van der Waals surface area contributed by atoms with E-state index in [0.29, 0.717) is 40.6 Å². The number of carbonyl (C=O) groups is 1. The Morgan fingerprint density at radius 3 is 2.15 bits per heavy atom. The van der Waals surface area contributed by atoms with Crippen molar-refractivity contribution in [1.82, 2.24) is 0 Å². The number of ether oxygens (including phenoxy) is 2. The summed E-state index contributed by atoms with van der Waals surface area (Å²) in [5, 5.41) is 0. The molecule has 12 atom stereocenters. The van der Waals surface area contributed by atoms with Crippen molar-refractivity contribution in [1.29, 1.82) is 0 Å². The first kappa shape index (κ1) is 30.6. The number of esters is 1. The van der Waals surface area contributed by atoms with Gasteiger partial charge in [-0.3, -0.25) is 0 Å². The normalized spacial score (nSPS) is 51.5. The SMILES string of the molecule is CCOC(=O)[C@H]1C[C@@H](C)C2[C@H](O1)[C@H](O[Si](CC)(CC)CC)[C@@]1(C)[C@@H]3CC[C@H]4C(C)(C)[C@@H](C)CCC45C[C@@]35CC[C@]21C. The largest absolute Gasteiger partial charge is 0.464 e. The summed E-state index contributed by atoms with van der Waals surface area (Å²) in [5.74, 6) is 3.08. The van der Waals surface area contributed by atoms with Crippen LogP contribution in [0.3, 0.4) is 0 Å². The van der Waals surface area contributed by atoms with Gasteiger partial charge in [0.05, 0.1) is 18.8 Å². The zero-order valence-corrected chi connectivity index (χ0v) is 29.2. The third-order valence-electron chi connectivity index (χ3n) is 16.2. The van der Waals surface area contributed by atoms with E-state index in [9.17, 15) is 4.79 Å². The third-order valence-corrected chi connectivity index (χ3v) is 20.8. The summed E-state index contributed by atoms with van der Waals surface area (Å²) in [5.41, 5.74) is 1.70. The maximum Gasteiger partial charge on any atom is 0.335 e. The molecule has 4 nitrogen and oxygen atoms in total. The lowest BCUT2D eigenvalue weighted by atomic mass is 9.41. The van der Waals surface area contributed by atoms with Crippen molar-refractivity contribution in [2.45, 2.75) is 157 Å². The predicted molar refractivity (Wildman–Crippen MR) is 168 cm³/mol. The Bertz CT molecular complexity index is 1030. The predicted octanol–water partition coefficient (Wildman–Crippen LogP) is 9.03. The molecule has 0 aromatic rings. The van der Waals surface area contributed by atoms with Crippen LogP contribution < -0.4 is 0 Å². The van der Waals surface area contributed by atoms with Crippen molar-refractivity contribution in [2.75, 3.05) is 6.61 Å². The lowest BCUT2D eigenvalue weighted by Gasteiger charge is -2.64. The molecule has 5 saturated carbocycles. The van der Waals surface area contributed by atoms with Crippen LogP contribution in [0, 0.1) is 56.7 Å². The van der Waals surface area contributed by atoms with Crippen molar-refractivity contribution in [3.63, 3.8) is 0 Å². The van der Waals surface area contributed by atoms with Gasteiger partial charge in [0.25, 0.3) is 0 Å². The molecule has 2 spiro atoms. The molecule has 0 aromatic carbocycles. The van der Waals surface area contributed by atoms with Crippen molar-refractivity contribution < 1.29 is 18.7 Å². The molecule has 0 N–H and O–H groups in total. The van der Waals surface area contributed by atoms with Crippen LogP contribution >= 0.6 is 0 Å². The minimum absolute atomic E-state index is 0.00919. The number of hydrogen-bond donors (Lipinski definition) is 0. The van der Waals surface area contributed by atoms with Gasteiger partial charge in [0.2, 0.25) is 0 Å². The number of rotatable bonds is 7. The lowest BCUT2D eigenvalue weighted by molar-refractivity contribution is -0.182. The van der Waals surface area contributed by atoms with Crippen LogP contribution in [0.5, 0.6) is 0 Å². The molecule has 1 heterocycles. The Balaban J connectivity index is 1.45. The van der Waals surface area contributed by atoms with E-state index in [0.717, 1.165) is 36.4 Å². The summed E-state index contributed by atoms with van der Waals surface area (Å²) in [7, 11) is -1.93. The van der Waals surface area contributed by atoms with Gasteiger partial charge in [-0.15, -0.1) is 0 Å². The zero-order chi connectivity index (χ0) is 29.8. The highest BCUT2D eigenvalue weighted by Crippen LogP contribution is 2.89. The molecule has 6 rings (SSSR count). The number of carbonyl (C=O) groups excluding carboxylic acids is 1. The van der Waals surface area contributed by atoms with Gasteiger partial charge in [0.15, 0.2) is 14.4 Å². The van der Waals surface area contributed by atoms with Crippen molar-refractivity contribution in [3.05, 3.63) is 0 Å². The van der Waals surface area contributed by atoms with Crippen LogP contribution in [-0.4, -0.2) is 39.2 Å². The molecule has 6 aliphatic rings. The minimum atomic E-state index is -1.93. The highest BCUT2D eigenvalue weighted by atomic mass is 28.4. The van der Waals surface area contributed by atoms with E-state index in [1.165, 1.54) is 44.9 Å². The van der Waals surface area contributed by atoms with Crippen molar-refractivity contribution >= 4 is 14.3 Å². The van der Waals surface area contributed by atoms with Crippen LogP contribution in [0.1, 0.15) is 121 Å². The maximum atomic E-state index is 13.1. The summed E-state index contributed by atoms with van der Waals surface area (Å²) in [6, 6.07) is 3.47. The molecule has 0 radical (unpaired) electrons. The summed E-state index contributed by atoms with van der Waals surface area (Å²) < 4.78 is 20.3. The Morgan fingerprint density at radius 2 is 1.51 bits per heavy atom. The van der Waals surface area contributed by atoms with E-state index in [2.05, 4.69) is 62.3 Å². The molecule has 41 heavy (non-hydrogen) atoms. The van der Waals surface area contributed by atoms with Gasteiger partial charge < -0.3 is 13.9 Å². The molecule has 1 saturated heterocycles. The van der Waals surface area contributed by atoms with E-state index >= 15 is 0 Å². The van der Waals surface area contributed by atoms with Gasteiger partial charge >= 0.3 is 5.97 Å². The highest BCUT2D eigenvalue weighted by Gasteiger charge is 2.84. The summed E-state index contributed by atoms with van der Waals surface area (Å²) in [6.07, 6.45) is 10.1. The van der Waals surface area contributed by atoms with Gasteiger partial charge in [-0.05, 0) is 128 Å².